The monoisotopic (exact) mass is 493 g/mol. The smallest absolute Gasteiger partial charge is 0.124 e. The fourth-order valence-electron chi connectivity index (χ4n) is 5.33. The summed E-state index contributed by atoms with van der Waals surface area (Å²) in [4.78, 5) is 3.57. The van der Waals surface area contributed by atoms with Crippen molar-refractivity contribution in [3.63, 3.8) is 0 Å². The third-order valence-corrected chi connectivity index (χ3v) is 7.53. The van der Waals surface area contributed by atoms with Crippen molar-refractivity contribution in [1.82, 2.24) is 4.98 Å². The molecule has 0 amide bonds. The van der Waals surface area contributed by atoms with Gasteiger partial charge >= 0.3 is 0 Å². The summed E-state index contributed by atoms with van der Waals surface area (Å²) in [5, 5.41) is 2.53. The summed E-state index contributed by atoms with van der Waals surface area (Å²) >= 11 is 0. The lowest BCUT2D eigenvalue weighted by Crippen LogP contribution is -1.99. The van der Waals surface area contributed by atoms with Crippen LogP contribution in [0.4, 0.5) is 0 Å². The maximum absolute atomic E-state index is 6.18. The molecule has 200 valence electrons. The molecular weight excluding hydrogens is 442 g/mol. The molecule has 3 nitrogen and oxygen atoms in total. The predicted octanol–water partition coefficient (Wildman–Crippen LogP) is 10.4. The van der Waals surface area contributed by atoms with Crippen LogP contribution in [0.2, 0.25) is 0 Å². The first-order valence-electron chi connectivity index (χ1n) is 14.9. The third-order valence-electron chi connectivity index (χ3n) is 7.53. The molecule has 0 saturated carbocycles. The van der Waals surface area contributed by atoms with E-state index in [2.05, 4.69) is 49.2 Å². The zero-order chi connectivity index (χ0) is 25.4. The van der Waals surface area contributed by atoms with Gasteiger partial charge in [0.2, 0.25) is 0 Å². The van der Waals surface area contributed by atoms with Gasteiger partial charge in [0.15, 0.2) is 0 Å². The Bertz CT molecular complexity index is 1010. The Labute approximate surface area is 220 Å². The lowest BCUT2D eigenvalue weighted by Gasteiger charge is -2.09. The Hall–Kier alpha value is -2.00. The van der Waals surface area contributed by atoms with Gasteiger partial charge in [0, 0.05) is 29.5 Å². The lowest BCUT2D eigenvalue weighted by molar-refractivity contribution is 0.185. The van der Waals surface area contributed by atoms with E-state index in [-0.39, 0.29) is 0 Å². The minimum absolute atomic E-state index is 0.637. The molecule has 0 aliphatic rings. The highest BCUT2D eigenvalue weighted by atomic mass is 16.5. The first-order chi connectivity index (χ1) is 17.7. The first kappa shape index (κ1) is 28.6. The number of methoxy groups -OCH3 is 1. The summed E-state index contributed by atoms with van der Waals surface area (Å²) in [6, 6.07) is 11.0. The number of benzene rings is 2. The van der Waals surface area contributed by atoms with E-state index >= 15 is 0 Å². The van der Waals surface area contributed by atoms with Gasteiger partial charge in [0.05, 0.1) is 18.7 Å². The molecule has 1 heterocycles. The second-order valence-corrected chi connectivity index (χ2v) is 10.8. The molecule has 0 radical (unpaired) electrons. The molecule has 0 saturated heterocycles. The molecule has 3 aromatic rings. The molecule has 0 spiro atoms. The van der Waals surface area contributed by atoms with E-state index < -0.39 is 0 Å². The second-order valence-electron chi connectivity index (χ2n) is 10.8. The Morgan fingerprint density at radius 1 is 0.639 bits per heavy atom. The quantitative estimate of drug-likeness (QED) is 0.159. The number of aromatic amines is 1. The van der Waals surface area contributed by atoms with Gasteiger partial charge in [-0.25, -0.2) is 0 Å². The Kier molecular flexibility index (Phi) is 13.2. The summed E-state index contributed by atoms with van der Waals surface area (Å²) in [6.45, 7) is 5.89. The molecule has 3 heteroatoms. The molecule has 3 rings (SSSR count). The molecule has 0 fully saturated rings. The molecule has 1 N–H and O–H groups in total. The largest absolute Gasteiger partial charge is 0.493 e. The van der Waals surface area contributed by atoms with Crippen molar-refractivity contribution in [1.29, 1.82) is 0 Å². The second kappa shape index (κ2) is 16.7. The Morgan fingerprint density at radius 3 is 1.78 bits per heavy atom. The standard InChI is InChI=1S/C33H51NO2/c1-4-5-6-7-8-9-10-11-12-13-14-15-16-17-18-19-22-36-33-25-32-30(23-27(33)2)29-21-20-28(26-35-3)24-31(29)34-32/h20-21,23-25,34H,4-19,22,26H2,1-3H3. The van der Waals surface area contributed by atoms with Crippen molar-refractivity contribution in [3.8, 4) is 5.75 Å². The maximum atomic E-state index is 6.18. The molecule has 36 heavy (non-hydrogen) atoms. The third kappa shape index (κ3) is 9.47. The number of hydrogen-bond acceptors (Lipinski definition) is 2. The number of ether oxygens (including phenoxy) is 2. The van der Waals surface area contributed by atoms with Gasteiger partial charge in [-0.3, -0.25) is 0 Å². The van der Waals surface area contributed by atoms with Gasteiger partial charge in [-0.05, 0) is 36.6 Å². The fourth-order valence-corrected chi connectivity index (χ4v) is 5.33. The Balaban J connectivity index is 1.24. The summed E-state index contributed by atoms with van der Waals surface area (Å²) in [5.41, 5.74) is 4.70. The summed E-state index contributed by atoms with van der Waals surface area (Å²) in [5.74, 6) is 1.01. The van der Waals surface area contributed by atoms with Crippen molar-refractivity contribution in [3.05, 3.63) is 41.5 Å². The van der Waals surface area contributed by atoms with Crippen molar-refractivity contribution in [2.24, 2.45) is 0 Å². The molecular formula is C33H51NO2. The zero-order valence-electron chi connectivity index (χ0n) is 23.4. The molecule has 1 aromatic heterocycles. The van der Waals surface area contributed by atoms with E-state index in [0.29, 0.717) is 6.61 Å². The highest BCUT2D eigenvalue weighted by Gasteiger charge is 2.09. The molecule has 0 aliphatic heterocycles. The number of unbranched alkanes of at least 4 members (excludes halogenated alkanes) is 15. The lowest BCUT2D eigenvalue weighted by atomic mass is 10.0. The molecule has 0 aliphatic carbocycles. The predicted molar refractivity (Wildman–Crippen MR) is 156 cm³/mol. The van der Waals surface area contributed by atoms with Crippen LogP contribution in [0.5, 0.6) is 5.75 Å². The summed E-state index contributed by atoms with van der Waals surface area (Å²) in [6.07, 6.45) is 22.3. The van der Waals surface area contributed by atoms with Crippen LogP contribution in [0.1, 0.15) is 121 Å². The van der Waals surface area contributed by atoms with Crippen LogP contribution in [0.15, 0.2) is 30.3 Å². The maximum Gasteiger partial charge on any atom is 0.124 e. The molecule has 0 unspecified atom stereocenters. The number of fused-ring (bicyclic) bond motifs is 3. The van der Waals surface area contributed by atoms with Crippen LogP contribution in [-0.4, -0.2) is 18.7 Å². The van der Waals surface area contributed by atoms with E-state index in [0.717, 1.165) is 29.8 Å². The number of nitrogens with one attached hydrogen (secondary N) is 1. The van der Waals surface area contributed by atoms with E-state index in [1.165, 1.54) is 118 Å². The van der Waals surface area contributed by atoms with Crippen LogP contribution in [0.25, 0.3) is 21.8 Å². The van der Waals surface area contributed by atoms with Gasteiger partial charge in [-0.2, -0.15) is 0 Å². The van der Waals surface area contributed by atoms with Crippen molar-refractivity contribution in [2.75, 3.05) is 13.7 Å². The summed E-state index contributed by atoms with van der Waals surface area (Å²) in [7, 11) is 1.74. The van der Waals surface area contributed by atoms with Crippen LogP contribution < -0.4 is 4.74 Å². The van der Waals surface area contributed by atoms with Crippen LogP contribution in [0.3, 0.4) is 0 Å². The highest BCUT2D eigenvalue weighted by molar-refractivity contribution is 6.08. The first-order valence-corrected chi connectivity index (χ1v) is 14.9. The van der Waals surface area contributed by atoms with Gasteiger partial charge in [0.25, 0.3) is 0 Å². The van der Waals surface area contributed by atoms with Crippen molar-refractivity contribution >= 4 is 21.8 Å². The van der Waals surface area contributed by atoms with E-state index in [9.17, 15) is 0 Å². The number of aromatic nitrogens is 1. The van der Waals surface area contributed by atoms with E-state index in [1.807, 2.05) is 0 Å². The number of aryl methyl sites for hydroxylation is 1. The summed E-state index contributed by atoms with van der Waals surface area (Å²) < 4.78 is 11.5. The number of H-pyrrole nitrogens is 1. The molecule has 0 atom stereocenters. The van der Waals surface area contributed by atoms with Gasteiger partial charge in [-0.1, -0.05) is 115 Å². The molecule has 0 bridgehead atoms. The van der Waals surface area contributed by atoms with Crippen molar-refractivity contribution < 1.29 is 9.47 Å². The number of hydrogen-bond donors (Lipinski definition) is 1. The van der Waals surface area contributed by atoms with E-state index in [4.69, 9.17) is 9.47 Å². The minimum Gasteiger partial charge on any atom is -0.493 e. The van der Waals surface area contributed by atoms with Crippen LogP contribution >= 0.6 is 0 Å². The SMILES string of the molecule is CCCCCCCCCCCCCCCCCCOc1cc2[nH]c3cc(COC)ccc3c2cc1C. The van der Waals surface area contributed by atoms with Crippen LogP contribution in [0, 0.1) is 6.92 Å². The highest BCUT2D eigenvalue weighted by Crippen LogP contribution is 2.32. The average Bonchev–Trinajstić information content (AvgIpc) is 3.22. The van der Waals surface area contributed by atoms with Gasteiger partial charge < -0.3 is 14.5 Å². The normalized spacial score (nSPS) is 11.6. The van der Waals surface area contributed by atoms with Crippen LogP contribution in [-0.2, 0) is 11.3 Å². The van der Waals surface area contributed by atoms with Gasteiger partial charge in [-0.15, -0.1) is 0 Å². The zero-order valence-corrected chi connectivity index (χ0v) is 23.4. The Morgan fingerprint density at radius 2 is 1.19 bits per heavy atom. The molecule has 2 aromatic carbocycles. The van der Waals surface area contributed by atoms with Crippen molar-refractivity contribution in [2.45, 2.75) is 123 Å². The minimum atomic E-state index is 0.637. The topological polar surface area (TPSA) is 34.2 Å². The number of rotatable bonds is 20. The average molecular weight is 494 g/mol. The van der Waals surface area contributed by atoms with Gasteiger partial charge in [0.1, 0.15) is 5.75 Å². The fraction of sp³-hybridized carbons (Fsp3) is 0.636. The van der Waals surface area contributed by atoms with E-state index in [1.54, 1.807) is 7.11 Å².